The Morgan fingerprint density at radius 2 is 1.72 bits per heavy atom. The highest BCUT2D eigenvalue weighted by molar-refractivity contribution is 6.07. The number of anilines is 2. The minimum absolute atomic E-state index is 0.0782. The summed E-state index contributed by atoms with van der Waals surface area (Å²) < 4.78 is 5.34. The lowest BCUT2D eigenvalue weighted by Gasteiger charge is -2.26. The van der Waals surface area contributed by atoms with Crippen LogP contribution in [0.3, 0.4) is 0 Å². The monoisotopic (exact) mass is 436 g/mol. The van der Waals surface area contributed by atoms with Crippen molar-refractivity contribution >= 4 is 29.1 Å². The highest BCUT2D eigenvalue weighted by Crippen LogP contribution is 2.26. The molecule has 0 aliphatic carbocycles. The molecule has 2 fully saturated rings. The van der Waals surface area contributed by atoms with Gasteiger partial charge in [-0.05, 0) is 24.3 Å². The van der Waals surface area contributed by atoms with Crippen molar-refractivity contribution in [3.05, 3.63) is 60.2 Å². The largest absolute Gasteiger partial charge is 0.379 e. The predicted octanol–water partition coefficient (Wildman–Crippen LogP) is 1.74. The maximum atomic E-state index is 12.9. The summed E-state index contributed by atoms with van der Waals surface area (Å²) in [6.45, 7) is 4.75. The first-order valence-corrected chi connectivity index (χ1v) is 11.0. The predicted molar refractivity (Wildman–Crippen MR) is 122 cm³/mol. The van der Waals surface area contributed by atoms with Crippen LogP contribution < -0.4 is 15.5 Å². The highest BCUT2D eigenvalue weighted by Gasteiger charge is 2.35. The van der Waals surface area contributed by atoms with Gasteiger partial charge in [0.2, 0.25) is 11.8 Å². The zero-order valence-electron chi connectivity index (χ0n) is 18.0. The molecule has 0 unspecified atom stereocenters. The molecule has 8 nitrogen and oxygen atoms in total. The lowest BCUT2D eigenvalue weighted by Crippen LogP contribution is -2.41. The van der Waals surface area contributed by atoms with E-state index in [9.17, 15) is 14.4 Å². The van der Waals surface area contributed by atoms with Crippen LogP contribution in [0.5, 0.6) is 0 Å². The fourth-order valence-corrected chi connectivity index (χ4v) is 4.01. The summed E-state index contributed by atoms with van der Waals surface area (Å²) in [5, 5.41) is 5.79. The summed E-state index contributed by atoms with van der Waals surface area (Å²) in [6, 6.07) is 16.3. The van der Waals surface area contributed by atoms with Gasteiger partial charge < -0.3 is 20.3 Å². The van der Waals surface area contributed by atoms with Gasteiger partial charge in [0.1, 0.15) is 0 Å². The molecule has 2 heterocycles. The maximum absolute atomic E-state index is 12.9. The third-order valence-corrected chi connectivity index (χ3v) is 5.81. The topological polar surface area (TPSA) is 91.0 Å². The van der Waals surface area contributed by atoms with Gasteiger partial charge >= 0.3 is 0 Å². The molecule has 2 saturated heterocycles. The van der Waals surface area contributed by atoms with E-state index in [1.54, 1.807) is 29.2 Å². The van der Waals surface area contributed by atoms with Gasteiger partial charge in [-0.15, -0.1) is 0 Å². The van der Waals surface area contributed by atoms with E-state index in [-0.39, 0.29) is 24.1 Å². The van der Waals surface area contributed by atoms with E-state index in [1.165, 1.54) is 0 Å². The Bertz CT molecular complexity index is 959. The fraction of sp³-hybridized carbons (Fsp3) is 0.375. The first-order valence-electron chi connectivity index (χ1n) is 11.0. The number of nitrogens with zero attached hydrogens (tertiary/aromatic N) is 2. The average molecular weight is 437 g/mol. The second-order valence-electron chi connectivity index (χ2n) is 7.99. The number of morpholine rings is 1. The van der Waals surface area contributed by atoms with Crippen LogP contribution in [0.15, 0.2) is 54.6 Å². The summed E-state index contributed by atoms with van der Waals surface area (Å²) in [5.74, 6) is -1.04. The fourth-order valence-electron chi connectivity index (χ4n) is 4.01. The SMILES string of the molecule is O=C(NCCN1CCOCC1)c1ccccc1NC(=O)[C@H]1CC(=O)N(c2ccccc2)C1. The highest BCUT2D eigenvalue weighted by atomic mass is 16.5. The molecular formula is C24H28N4O4. The minimum Gasteiger partial charge on any atom is -0.379 e. The van der Waals surface area contributed by atoms with Gasteiger partial charge in [0.25, 0.3) is 5.91 Å². The molecule has 0 spiro atoms. The number of hydrogen-bond donors (Lipinski definition) is 2. The molecule has 2 aromatic carbocycles. The molecule has 4 rings (SSSR count). The molecule has 0 aromatic heterocycles. The van der Waals surface area contributed by atoms with Crippen LogP contribution in [-0.2, 0) is 14.3 Å². The van der Waals surface area contributed by atoms with Gasteiger partial charge in [-0.3, -0.25) is 19.3 Å². The van der Waals surface area contributed by atoms with Crippen LogP contribution in [0.1, 0.15) is 16.8 Å². The first kappa shape index (κ1) is 22.0. The molecule has 8 heteroatoms. The van der Waals surface area contributed by atoms with Gasteiger partial charge in [0, 0.05) is 44.8 Å². The van der Waals surface area contributed by atoms with E-state index in [0.29, 0.717) is 37.6 Å². The molecule has 168 valence electrons. The van der Waals surface area contributed by atoms with Gasteiger partial charge in [0.15, 0.2) is 0 Å². The van der Waals surface area contributed by atoms with Crippen LogP contribution in [0.4, 0.5) is 11.4 Å². The van der Waals surface area contributed by atoms with Crippen molar-refractivity contribution < 1.29 is 19.1 Å². The third kappa shape index (κ3) is 5.33. The van der Waals surface area contributed by atoms with Gasteiger partial charge in [0.05, 0.1) is 30.4 Å². The standard InChI is InChI=1S/C24H28N4O4/c29-22-16-18(17-28(22)19-6-2-1-3-7-19)23(30)26-21-9-5-4-8-20(21)24(31)25-10-11-27-12-14-32-15-13-27/h1-9,18H,10-17H2,(H,25,31)(H,26,30)/t18-/m0/s1. The molecule has 0 radical (unpaired) electrons. The third-order valence-electron chi connectivity index (χ3n) is 5.81. The van der Waals surface area contributed by atoms with E-state index in [4.69, 9.17) is 4.74 Å². The molecule has 2 N–H and O–H groups in total. The van der Waals surface area contributed by atoms with Crippen LogP contribution in [-0.4, -0.2) is 68.6 Å². The number of amides is 3. The Hall–Kier alpha value is -3.23. The Balaban J connectivity index is 1.34. The molecule has 3 amide bonds. The number of carbonyl (C=O) groups is 3. The molecule has 0 bridgehead atoms. The number of hydrogen-bond acceptors (Lipinski definition) is 5. The zero-order valence-corrected chi connectivity index (χ0v) is 18.0. The second kappa shape index (κ2) is 10.4. The van der Waals surface area contributed by atoms with E-state index in [1.807, 2.05) is 30.3 Å². The molecule has 2 aliphatic rings. The molecule has 1 atom stereocenters. The molecule has 0 saturated carbocycles. The number of carbonyl (C=O) groups excluding carboxylic acids is 3. The van der Waals surface area contributed by atoms with Crippen molar-refractivity contribution in [2.45, 2.75) is 6.42 Å². The number of benzene rings is 2. The molecular weight excluding hydrogens is 408 g/mol. The van der Waals surface area contributed by atoms with Crippen LogP contribution in [0, 0.1) is 5.92 Å². The van der Waals surface area contributed by atoms with Crippen molar-refractivity contribution in [2.75, 3.05) is 56.2 Å². The van der Waals surface area contributed by atoms with Crippen LogP contribution in [0.25, 0.3) is 0 Å². The maximum Gasteiger partial charge on any atom is 0.253 e. The van der Waals surface area contributed by atoms with Gasteiger partial charge in [-0.25, -0.2) is 0 Å². The lowest BCUT2D eigenvalue weighted by molar-refractivity contribution is -0.122. The van der Waals surface area contributed by atoms with E-state index in [2.05, 4.69) is 15.5 Å². The number of ether oxygens (including phenoxy) is 1. The summed E-state index contributed by atoms with van der Waals surface area (Å²) >= 11 is 0. The number of nitrogens with one attached hydrogen (secondary N) is 2. The van der Waals surface area contributed by atoms with Crippen LogP contribution >= 0.6 is 0 Å². The summed E-state index contributed by atoms with van der Waals surface area (Å²) in [4.78, 5) is 41.9. The second-order valence-corrected chi connectivity index (χ2v) is 7.99. The Labute approximate surface area is 187 Å². The van der Waals surface area contributed by atoms with Gasteiger partial charge in [-0.2, -0.15) is 0 Å². The summed E-state index contributed by atoms with van der Waals surface area (Å²) in [6.07, 6.45) is 0.147. The molecule has 32 heavy (non-hydrogen) atoms. The van der Waals surface area contributed by atoms with Crippen molar-refractivity contribution in [2.24, 2.45) is 5.92 Å². The van der Waals surface area contributed by atoms with E-state index in [0.717, 1.165) is 25.3 Å². The minimum atomic E-state index is -0.472. The van der Waals surface area contributed by atoms with Crippen molar-refractivity contribution in [3.63, 3.8) is 0 Å². The van der Waals surface area contributed by atoms with Crippen molar-refractivity contribution in [1.29, 1.82) is 0 Å². The van der Waals surface area contributed by atoms with E-state index < -0.39 is 5.92 Å². The summed E-state index contributed by atoms with van der Waals surface area (Å²) in [5.41, 5.74) is 1.65. The van der Waals surface area contributed by atoms with Crippen molar-refractivity contribution in [3.8, 4) is 0 Å². The molecule has 2 aromatic rings. The zero-order chi connectivity index (χ0) is 22.3. The first-order chi connectivity index (χ1) is 15.6. The number of para-hydroxylation sites is 2. The smallest absolute Gasteiger partial charge is 0.253 e. The number of rotatable bonds is 7. The quantitative estimate of drug-likeness (QED) is 0.690. The summed E-state index contributed by atoms with van der Waals surface area (Å²) in [7, 11) is 0. The Morgan fingerprint density at radius 1 is 1.00 bits per heavy atom. The van der Waals surface area contributed by atoms with E-state index >= 15 is 0 Å². The Morgan fingerprint density at radius 3 is 2.50 bits per heavy atom. The lowest BCUT2D eigenvalue weighted by atomic mass is 10.1. The van der Waals surface area contributed by atoms with Gasteiger partial charge in [-0.1, -0.05) is 30.3 Å². The average Bonchev–Trinajstić information content (AvgIpc) is 3.22. The van der Waals surface area contributed by atoms with Crippen LogP contribution in [0.2, 0.25) is 0 Å². The van der Waals surface area contributed by atoms with Crippen molar-refractivity contribution in [1.82, 2.24) is 10.2 Å². The molecule has 2 aliphatic heterocycles. The normalized spacial score (nSPS) is 19.1. The Kier molecular flexibility index (Phi) is 7.14.